The van der Waals surface area contributed by atoms with Crippen molar-refractivity contribution >= 4 is 11.6 Å². The molecule has 1 rings (SSSR count). The van der Waals surface area contributed by atoms with Gasteiger partial charge in [-0.25, -0.2) is 0 Å². The minimum absolute atomic E-state index is 0.0806. The Kier molecular flexibility index (Phi) is 3.09. The van der Waals surface area contributed by atoms with Crippen molar-refractivity contribution in [1.82, 2.24) is 0 Å². The van der Waals surface area contributed by atoms with Gasteiger partial charge in [0.05, 0.1) is 12.6 Å². The van der Waals surface area contributed by atoms with Gasteiger partial charge in [-0.05, 0) is 24.1 Å². The van der Waals surface area contributed by atoms with Crippen molar-refractivity contribution in [1.29, 1.82) is 0 Å². The van der Waals surface area contributed by atoms with Gasteiger partial charge < -0.3 is 10.8 Å². The van der Waals surface area contributed by atoms with Crippen LogP contribution in [0.3, 0.4) is 0 Å². The largest absolute Gasteiger partial charge is 0.394 e. The molecule has 0 aliphatic heterocycles. The summed E-state index contributed by atoms with van der Waals surface area (Å²) in [7, 11) is 0. The molecule has 66 valence electrons. The van der Waals surface area contributed by atoms with Gasteiger partial charge in [0, 0.05) is 5.02 Å². The third kappa shape index (κ3) is 1.97. The van der Waals surface area contributed by atoms with Crippen molar-refractivity contribution in [3.05, 3.63) is 34.3 Å². The van der Waals surface area contributed by atoms with E-state index in [1.165, 1.54) is 0 Å². The average Bonchev–Trinajstić information content (AvgIpc) is 2.03. The molecule has 0 spiro atoms. The number of aliphatic hydroxyl groups is 1. The second-order valence-corrected chi connectivity index (χ2v) is 3.22. The van der Waals surface area contributed by atoms with Crippen LogP contribution in [0.25, 0.3) is 0 Å². The lowest BCUT2D eigenvalue weighted by Gasteiger charge is -2.10. The maximum absolute atomic E-state index is 8.80. The Hall–Kier alpha value is -0.570. The monoisotopic (exact) mass is 185 g/mol. The highest BCUT2D eigenvalue weighted by atomic mass is 35.5. The van der Waals surface area contributed by atoms with Crippen LogP contribution in [0.15, 0.2) is 18.2 Å². The fraction of sp³-hybridized carbons (Fsp3) is 0.333. The fourth-order valence-electron chi connectivity index (χ4n) is 1.03. The van der Waals surface area contributed by atoms with Crippen molar-refractivity contribution in [3.8, 4) is 0 Å². The predicted molar refractivity (Wildman–Crippen MR) is 50.2 cm³/mol. The molecule has 0 radical (unpaired) electrons. The van der Waals surface area contributed by atoms with Crippen LogP contribution in [-0.4, -0.2) is 11.7 Å². The van der Waals surface area contributed by atoms with Gasteiger partial charge >= 0.3 is 0 Å². The Morgan fingerprint density at radius 2 is 2.25 bits per heavy atom. The van der Waals surface area contributed by atoms with Crippen molar-refractivity contribution < 1.29 is 5.11 Å². The summed E-state index contributed by atoms with van der Waals surface area (Å²) < 4.78 is 0. The molecule has 0 aliphatic rings. The van der Waals surface area contributed by atoms with Gasteiger partial charge in [0.1, 0.15) is 0 Å². The van der Waals surface area contributed by atoms with Crippen LogP contribution >= 0.6 is 11.6 Å². The number of halogens is 1. The standard InChI is InChI=1S/C9H12ClNO/c1-6-2-3-7(8(10)4-6)9(11)5-12/h2-4,9,12H,5,11H2,1H3. The third-order valence-corrected chi connectivity index (χ3v) is 2.08. The van der Waals surface area contributed by atoms with E-state index in [1.807, 2.05) is 25.1 Å². The van der Waals surface area contributed by atoms with Gasteiger partial charge in [0.2, 0.25) is 0 Å². The highest BCUT2D eigenvalue weighted by molar-refractivity contribution is 6.31. The van der Waals surface area contributed by atoms with E-state index in [1.54, 1.807) is 0 Å². The maximum Gasteiger partial charge on any atom is 0.0624 e. The van der Waals surface area contributed by atoms with E-state index < -0.39 is 0 Å². The summed E-state index contributed by atoms with van der Waals surface area (Å²) in [6, 6.07) is 5.24. The molecule has 1 unspecified atom stereocenters. The number of hydrogen-bond donors (Lipinski definition) is 2. The molecule has 0 saturated carbocycles. The van der Waals surface area contributed by atoms with E-state index in [-0.39, 0.29) is 12.6 Å². The second-order valence-electron chi connectivity index (χ2n) is 2.81. The van der Waals surface area contributed by atoms with Gasteiger partial charge in [-0.2, -0.15) is 0 Å². The van der Waals surface area contributed by atoms with Crippen LogP contribution in [0.1, 0.15) is 17.2 Å². The summed E-state index contributed by atoms with van der Waals surface area (Å²) in [5.74, 6) is 0. The lowest BCUT2D eigenvalue weighted by molar-refractivity contribution is 0.268. The van der Waals surface area contributed by atoms with Gasteiger partial charge in [0.25, 0.3) is 0 Å². The first-order valence-corrected chi connectivity index (χ1v) is 4.15. The van der Waals surface area contributed by atoms with Gasteiger partial charge in [-0.15, -0.1) is 0 Å². The summed E-state index contributed by atoms with van der Waals surface area (Å²) in [5, 5.41) is 9.42. The average molecular weight is 186 g/mol. The van der Waals surface area contributed by atoms with Gasteiger partial charge in [-0.3, -0.25) is 0 Å². The summed E-state index contributed by atoms with van der Waals surface area (Å²) in [6.45, 7) is 1.88. The normalized spacial score (nSPS) is 13.0. The van der Waals surface area contributed by atoms with Crippen molar-refractivity contribution in [2.75, 3.05) is 6.61 Å². The number of hydrogen-bond acceptors (Lipinski definition) is 2. The van der Waals surface area contributed by atoms with Gasteiger partial charge in [0.15, 0.2) is 0 Å². The minimum Gasteiger partial charge on any atom is -0.394 e. The quantitative estimate of drug-likeness (QED) is 0.736. The van der Waals surface area contributed by atoms with E-state index in [2.05, 4.69) is 0 Å². The molecule has 0 heterocycles. The van der Waals surface area contributed by atoms with Crippen LogP contribution in [0.2, 0.25) is 5.02 Å². The van der Waals surface area contributed by atoms with Crippen LogP contribution in [0.5, 0.6) is 0 Å². The number of aliphatic hydroxyl groups excluding tert-OH is 1. The smallest absolute Gasteiger partial charge is 0.0624 e. The first-order chi connectivity index (χ1) is 5.65. The number of benzene rings is 1. The minimum atomic E-state index is -0.377. The van der Waals surface area contributed by atoms with Crippen LogP contribution < -0.4 is 5.73 Å². The van der Waals surface area contributed by atoms with Crippen molar-refractivity contribution in [2.24, 2.45) is 5.73 Å². The molecule has 3 N–H and O–H groups in total. The number of rotatable bonds is 2. The number of nitrogens with two attached hydrogens (primary N) is 1. The molecule has 3 heteroatoms. The Morgan fingerprint density at radius 3 is 2.75 bits per heavy atom. The Balaban J connectivity index is 3.01. The molecular formula is C9H12ClNO. The molecule has 0 saturated heterocycles. The molecule has 1 aromatic carbocycles. The van der Waals surface area contributed by atoms with Crippen LogP contribution in [0.4, 0.5) is 0 Å². The lowest BCUT2D eigenvalue weighted by Crippen LogP contribution is -2.14. The third-order valence-electron chi connectivity index (χ3n) is 1.75. The van der Waals surface area contributed by atoms with Crippen molar-refractivity contribution in [2.45, 2.75) is 13.0 Å². The van der Waals surface area contributed by atoms with E-state index in [9.17, 15) is 0 Å². The molecule has 0 aliphatic carbocycles. The summed E-state index contributed by atoms with van der Waals surface area (Å²) in [5.41, 5.74) is 7.50. The predicted octanol–water partition coefficient (Wildman–Crippen LogP) is 1.64. The Morgan fingerprint density at radius 1 is 1.58 bits per heavy atom. The van der Waals surface area contributed by atoms with E-state index in [0.29, 0.717) is 5.02 Å². The molecule has 0 bridgehead atoms. The molecule has 1 atom stereocenters. The molecule has 0 aromatic heterocycles. The molecule has 0 fully saturated rings. The Labute approximate surface area is 77.0 Å². The SMILES string of the molecule is Cc1ccc(C(N)CO)c(Cl)c1. The van der Waals surface area contributed by atoms with E-state index in [4.69, 9.17) is 22.4 Å². The fourth-order valence-corrected chi connectivity index (χ4v) is 1.41. The summed E-state index contributed by atoms with van der Waals surface area (Å²) >= 11 is 5.91. The molecule has 0 amide bonds. The Bertz CT molecular complexity index is 275. The van der Waals surface area contributed by atoms with Gasteiger partial charge in [-0.1, -0.05) is 23.7 Å². The molecule has 1 aromatic rings. The summed E-state index contributed by atoms with van der Waals surface area (Å²) in [6.07, 6.45) is 0. The highest BCUT2D eigenvalue weighted by Gasteiger charge is 2.07. The molecule has 12 heavy (non-hydrogen) atoms. The highest BCUT2D eigenvalue weighted by Crippen LogP contribution is 2.22. The van der Waals surface area contributed by atoms with E-state index >= 15 is 0 Å². The lowest BCUT2D eigenvalue weighted by atomic mass is 10.1. The zero-order valence-corrected chi connectivity index (χ0v) is 7.67. The topological polar surface area (TPSA) is 46.2 Å². The van der Waals surface area contributed by atoms with Crippen LogP contribution in [0, 0.1) is 6.92 Å². The zero-order valence-electron chi connectivity index (χ0n) is 6.92. The van der Waals surface area contributed by atoms with Crippen molar-refractivity contribution in [3.63, 3.8) is 0 Å². The first-order valence-electron chi connectivity index (χ1n) is 3.77. The maximum atomic E-state index is 8.80. The van der Waals surface area contributed by atoms with Crippen LogP contribution in [-0.2, 0) is 0 Å². The zero-order chi connectivity index (χ0) is 9.14. The molecular weight excluding hydrogens is 174 g/mol. The second kappa shape index (κ2) is 3.90. The van der Waals surface area contributed by atoms with E-state index in [0.717, 1.165) is 11.1 Å². The molecule has 2 nitrogen and oxygen atoms in total. The summed E-state index contributed by atoms with van der Waals surface area (Å²) in [4.78, 5) is 0. The first kappa shape index (κ1) is 9.52. The number of aryl methyl sites for hydroxylation is 1.